The monoisotopic (exact) mass is 345 g/mol. The lowest BCUT2D eigenvalue weighted by Crippen LogP contribution is -2.62. The maximum atomic E-state index is 12.7. The highest BCUT2D eigenvalue weighted by atomic mass is 32.2. The Hall–Kier alpha value is -2.43. The molecule has 0 aromatic carbocycles. The van der Waals surface area contributed by atoms with Crippen molar-refractivity contribution in [1.82, 2.24) is 4.90 Å². The van der Waals surface area contributed by atoms with Gasteiger partial charge in [-0.2, -0.15) is 0 Å². The lowest BCUT2D eigenvalue weighted by molar-refractivity contribution is -0.312. The molecule has 2 heterocycles. The van der Waals surface area contributed by atoms with Crippen molar-refractivity contribution in [3.05, 3.63) is 11.6 Å². The van der Waals surface area contributed by atoms with Crippen molar-refractivity contribution in [1.29, 1.82) is 0 Å². The van der Waals surface area contributed by atoms with Crippen molar-refractivity contribution in [2.24, 2.45) is 5.73 Å². The number of hydrogen-bond acceptors (Lipinski definition) is 8. The van der Waals surface area contributed by atoms with Crippen molar-refractivity contribution in [2.75, 3.05) is 6.61 Å². The molecular formula is C12H13N2O8S-. The Bertz CT molecular complexity index is 755. The maximum Gasteiger partial charge on any atom is 0.302 e. The Morgan fingerprint density at radius 1 is 1.43 bits per heavy atom. The number of rotatable bonds is 4. The summed E-state index contributed by atoms with van der Waals surface area (Å²) in [6.45, 7) is 1.30. The highest BCUT2D eigenvalue weighted by molar-refractivity contribution is 7.94. The fourth-order valence-corrected chi connectivity index (χ4v) is 5.05. The van der Waals surface area contributed by atoms with E-state index in [9.17, 15) is 32.7 Å². The first-order valence-electron chi connectivity index (χ1n) is 6.36. The van der Waals surface area contributed by atoms with Gasteiger partial charge in [0.1, 0.15) is 11.4 Å². The molecule has 0 bridgehead atoms. The molecular weight excluding hydrogens is 332 g/mol. The van der Waals surface area contributed by atoms with E-state index in [0.29, 0.717) is 11.0 Å². The molecule has 0 saturated carbocycles. The summed E-state index contributed by atoms with van der Waals surface area (Å²) in [5.41, 5.74) is 4.50. The van der Waals surface area contributed by atoms with E-state index < -0.39 is 61.9 Å². The molecule has 126 valence electrons. The molecule has 2 amide bonds. The summed E-state index contributed by atoms with van der Waals surface area (Å²) >= 11 is 0. The molecule has 3 atom stereocenters. The number of ether oxygens (including phenoxy) is 1. The number of carbonyl (C=O) groups excluding carboxylic acids is 4. The SMILES string of the molecule is CC(=O)OC[C@@]1(C)[C@H](C(=O)[O-])N2C(=O)/C(=C/C(N)=O)C2S1(=O)=O. The van der Waals surface area contributed by atoms with Crippen LogP contribution in [0.4, 0.5) is 0 Å². The second-order valence-corrected chi connectivity index (χ2v) is 7.90. The van der Waals surface area contributed by atoms with Crippen molar-refractivity contribution < 1.29 is 37.4 Å². The van der Waals surface area contributed by atoms with Crippen LogP contribution in [0.5, 0.6) is 0 Å². The van der Waals surface area contributed by atoms with Crippen molar-refractivity contribution in [2.45, 2.75) is 30.0 Å². The van der Waals surface area contributed by atoms with E-state index >= 15 is 0 Å². The standard InChI is InChI=1S/C12H14N2O8S/c1-5(15)22-4-12(2)8(11(18)19)14-9(17)6(3-7(13)16)10(14)23(12,20)21/h3,8,10H,4H2,1-2H3,(H2,13,16)(H,18,19)/p-1/b6-3-/t8-,10?,12-/m0/s1. The number of carboxylic acids is 1. The Labute approximate surface area is 130 Å². The largest absolute Gasteiger partial charge is 0.548 e. The molecule has 0 aromatic rings. The lowest BCUT2D eigenvalue weighted by atomic mass is 9.94. The van der Waals surface area contributed by atoms with Crippen molar-refractivity contribution >= 4 is 33.6 Å². The molecule has 0 radical (unpaired) electrons. The highest BCUT2D eigenvalue weighted by Gasteiger charge is 2.70. The van der Waals surface area contributed by atoms with Crippen LogP contribution in [0.3, 0.4) is 0 Å². The summed E-state index contributed by atoms with van der Waals surface area (Å²) < 4.78 is 27.9. The zero-order valence-corrected chi connectivity index (χ0v) is 13.0. The average molecular weight is 345 g/mol. The van der Waals surface area contributed by atoms with Gasteiger partial charge in [-0.05, 0) is 6.92 Å². The van der Waals surface area contributed by atoms with Gasteiger partial charge in [-0.15, -0.1) is 0 Å². The molecule has 10 nitrogen and oxygen atoms in total. The van der Waals surface area contributed by atoms with Gasteiger partial charge in [-0.1, -0.05) is 0 Å². The summed E-state index contributed by atoms with van der Waals surface area (Å²) in [4.78, 5) is 45.8. The number of esters is 1. The molecule has 1 unspecified atom stereocenters. The first kappa shape index (κ1) is 16.9. The minimum absolute atomic E-state index is 0.421. The highest BCUT2D eigenvalue weighted by Crippen LogP contribution is 2.48. The number of fused-ring (bicyclic) bond motifs is 1. The average Bonchev–Trinajstić information content (AvgIpc) is 2.57. The summed E-state index contributed by atoms with van der Waals surface area (Å²) in [6.07, 6.45) is 0.644. The Morgan fingerprint density at radius 3 is 2.43 bits per heavy atom. The lowest BCUT2D eigenvalue weighted by Gasteiger charge is -2.40. The minimum atomic E-state index is -4.31. The molecule has 11 heteroatoms. The Kier molecular flexibility index (Phi) is 3.71. The van der Waals surface area contributed by atoms with E-state index in [1.54, 1.807) is 0 Å². The molecule has 2 aliphatic heterocycles. The van der Waals surface area contributed by atoms with Gasteiger partial charge in [0.05, 0.1) is 17.6 Å². The van der Waals surface area contributed by atoms with Gasteiger partial charge < -0.3 is 25.3 Å². The smallest absolute Gasteiger partial charge is 0.302 e. The second kappa shape index (κ2) is 5.05. The third-order valence-corrected chi connectivity index (χ3v) is 6.59. The molecule has 2 fully saturated rings. The number of amides is 2. The molecule has 0 aliphatic carbocycles. The zero-order valence-electron chi connectivity index (χ0n) is 12.1. The van der Waals surface area contributed by atoms with E-state index in [4.69, 9.17) is 5.73 Å². The first-order chi connectivity index (χ1) is 10.4. The topological polar surface area (TPSA) is 164 Å². The van der Waals surface area contributed by atoms with Gasteiger partial charge in [0, 0.05) is 13.0 Å². The van der Waals surface area contributed by atoms with E-state index in [2.05, 4.69) is 4.74 Å². The van der Waals surface area contributed by atoms with Gasteiger partial charge >= 0.3 is 5.97 Å². The molecule has 23 heavy (non-hydrogen) atoms. The molecule has 2 saturated heterocycles. The number of hydrogen-bond donors (Lipinski definition) is 1. The third kappa shape index (κ3) is 2.19. The predicted octanol–water partition coefficient (Wildman–Crippen LogP) is -3.56. The van der Waals surface area contributed by atoms with Crippen LogP contribution >= 0.6 is 0 Å². The van der Waals surface area contributed by atoms with E-state index in [-0.39, 0.29) is 0 Å². The summed E-state index contributed by atoms with van der Waals surface area (Å²) in [6, 6.07) is -1.85. The van der Waals surface area contributed by atoms with Gasteiger partial charge in [0.25, 0.3) is 5.91 Å². The van der Waals surface area contributed by atoms with E-state index in [0.717, 1.165) is 13.8 Å². The molecule has 0 aromatic heterocycles. The van der Waals surface area contributed by atoms with Crippen LogP contribution < -0.4 is 10.8 Å². The summed E-state index contributed by atoms with van der Waals surface area (Å²) in [7, 11) is -4.31. The molecule has 0 spiro atoms. The second-order valence-electron chi connectivity index (χ2n) is 5.43. The summed E-state index contributed by atoms with van der Waals surface area (Å²) in [5.74, 6) is -4.61. The van der Waals surface area contributed by atoms with E-state index in [1.165, 1.54) is 0 Å². The first-order valence-corrected chi connectivity index (χ1v) is 7.91. The third-order valence-electron chi connectivity index (χ3n) is 3.88. The van der Waals surface area contributed by atoms with Gasteiger partial charge in [-0.3, -0.25) is 14.4 Å². The number of β-lactam (4-membered cyclic amide) rings is 1. The van der Waals surface area contributed by atoms with Crippen LogP contribution in [0.25, 0.3) is 0 Å². The Morgan fingerprint density at radius 2 is 2.00 bits per heavy atom. The van der Waals surface area contributed by atoms with E-state index in [1.807, 2.05) is 0 Å². The number of carboxylic acid groups (broad SMARTS) is 1. The zero-order chi connectivity index (χ0) is 17.7. The van der Waals surface area contributed by atoms with Crippen molar-refractivity contribution in [3.63, 3.8) is 0 Å². The molecule has 2 N–H and O–H groups in total. The quantitative estimate of drug-likeness (QED) is 0.310. The number of carbonyl (C=O) groups is 4. The van der Waals surface area contributed by atoms with Crippen LogP contribution in [0.2, 0.25) is 0 Å². The van der Waals surface area contributed by atoms with Gasteiger partial charge in [0.2, 0.25) is 5.91 Å². The van der Waals surface area contributed by atoms with Gasteiger partial charge in [0.15, 0.2) is 15.2 Å². The van der Waals surface area contributed by atoms with Crippen LogP contribution in [0, 0.1) is 0 Å². The van der Waals surface area contributed by atoms with Crippen LogP contribution in [0.15, 0.2) is 11.6 Å². The maximum absolute atomic E-state index is 12.7. The Balaban J connectivity index is 2.57. The fourth-order valence-electron chi connectivity index (χ4n) is 2.77. The normalized spacial score (nSPS) is 33.0. The van der Waals surface area contributed by atoms with Gasteiger partial charge in [-0.25, -0.2) is 8.42 Å². The van der Waals surface area contributed by atoms with Crippen LogP contribution in [0.1, 0.15) is 13.8 Å². The molecule has 2 aliphatic rings. The number of primary amides is 1. The van der Waals surface area contributed by atoms with Crippen LogP contribution in [-0.4, -0.2) is 59.8 Å². The number of sulfone groups is 1. The summed E-state index contributed by atoms with van der Waals surface area (Å²) in [5, 5.41) is 9.76. The molecule has 2 rings (SSSR count). The fraction of sp³-hybridized carbons (Fsp3) is 0.500. The number of aliphatic carboxylic acids is 1. The van der Waals surface area contributed by atoms with Crippen molar-refractivity contribution in [3.8, 4) is 0 Å². The predicted molar refractivity (Wildman–Crippen MR) is 70.7 cm³/mol. The van der Waals surface area contributed by atoms with Crippen LogP contribution in [-0.2, 0) is 33.8 Å². The number of nitrogens with zero attached hydrogens (tertiary/aromatic N) is 1. The minimum Gasteiger partial charge on any atom is -0.548 e. The number of nitrogens with two attached hydrogens (primary N) is 1.